The van der Waals surface area contributed by atoms with E-state index in [1.54, 1.807) is 20.9 Å². The van der Waals surface area contributed by atoms with Gasteiger partial charge in [0.05, 0.1) is 11.2 Å². The fourth-order valence-electron chi connectivity index (χ4n) is 2.31. The van der Waals surface area contributed by atoms with Crippen LogP contribution < -0.4 is 11.1 Å². The largest absolute Gasteiger partial charge is 0.382 e. The zero-order valence-corrected chi connectivity index (χ0v) is 14.6. The van der Waals surface area contributed by atoms with E-state index in [0.717, 1.165) is 28.7 Å². The maximum Gasteiger partial charge on any atom is 0.153 e. The van der Waals surface area contributed by atoms with E-state index in [4.69, 9.17) is 5.73 Å². The van der Waals surface area contributed by atoms with Crippen LogP contribution in [0.4, 0.5) is 5.82 Å². The Morgan fingerprint density at radius 3 is 2.83 bits per heavy atom. The van der Waals surface area contributed by atoms with E-state index in [0.29, 0.717) is 5.82 Å². The minimum atomic E-state index is -1.02. The minimum absolute atomic E-state index is 0.546. The van der Waals surface area contributed by atoms with Gasteiger partial charge in [0, 0.05) is 24.5 Å². The summed E-state index contributed by atoms with van der Waals surface area (Å²) in [5.41, 5.74) is 7.75. The zero-order chi connectivity index (χ0) is 17.7. The normalized spacial score (nSPS) is 12.5. The summed E-state index contributed by atoms with van der Waals surface area (Å²) < 4.78 is 1.90. The monoisotopic (exact) mass is 324 g/mol. The second-order valence-electron chi connectivity index (χ2n) is 5.94. The summed E-state index contributed by atoms with van der Waals surface area (Å²) in [7, 11) is 1.80. The molecule has 0 saturated heterocycles. The number of rotatable bonds is 4. The van der Waals surface area contributed by atoms with E-state index >= 15 is 0 Å². The Morgan fingerprint density at radius 1 is 1.46 bits per heavy atom. The molecule has 0 aliphatic carbocycles. The second-order valence-corrected chi connectivity index (χ2v) is 5.94. The smallest absolute Gasteiger partial charge is 0.153 e. The van der Waals surface area contributed by atoms with Gasteiger partial charge < -0.3 is 16.2 Å². The highest BCUT2D eigenvalue weighted by Gasteiger charge is 2.09. The summed E-state index contributed by atoms with van der Waals surface area (Å²) in [6.45, 7) is 6.10. The molecule has 0 bridgehead atoms. The van der Waals surface area contributed by atoms with Crippen LogP contribution in [0, 0.1) is 11.8 Å². The number of nitrogens with two attached hydrogens (primary N) is 1. The molecule has 1 aromatic heterocycles. The first-order chi connectivity index (χ1) is 11.4. The first-order valence-corrected chi connectivity index (χ1v) is 7.92. The van der Waals surface area contributed by atoms with Crippen molar-refractivity contribution >= 4 is 22.8 Å². The molecule has 1 heterocycles. The fourth-order valence-corrected chi connectivity index (χ4v) is 2.31. The Hall–Kier alpha value is -2.71. The van der Waals surface area contributed by atoms with Crippen LogP contribution in [0.2, 0.25) is 0 Å². The van der Waals surface area contributed by atoms with Gasteiger partial charge in [0.15, 0.2) is 5.82 Å². The molecular weight excluding hydrogens is 300 g/mol. The van der Waals surface area contributed by atoms with Gasteiger partial charge in [-0.3, -0.25) is 4.68 Å². The lowest BCUT2D eigenvalue weighted by Crippen LogP contribution is -2.15. The molecule has 1 aromatic carbocycles. The maximum atomic E-state index is 9.68. The first kappa shape index (κ1) is 17.6. The number of para-hydroxylation sites is 1. The number of fused-ring (bicyclic) bond motifs is 1. The molecule has 0 aliphatic heterocycles. The highest BCUT2D eigenvalue weighted by Crippen LogP contribution is 2.25. The van der Waals surface area contributed by atoms with E-state index in [2.05, 4.69) is 22.3 Å². The number of nitrogens with zero attached hydrogens (tertiary/aromatic N) is 2. The van der Waals surface area contributed by atoms with Crippen molar-refractivity contribution in [2.45, 2.75) is 32.9 Å². The number of nitrogen functional groups attached to an aromatic ring is 1. The van der Waals surface area contributed by atoms with Crippen LogP contribution in [0.3, 0.4) is 0 Å². The third kappa shape index (κ3) is 4.18. The van der Waals surface area contributed by atoms with E-state index < -0.39 is 5.60 Å². The van der Waals surface area contributed by atoms with Crippen LogP contribution in [0.1, 0.15) is 26.3 Å². The van der Waals surface area contributed by atoms with Crippen molar-refractivity contribution in [1.82, 2.24) is 15.1 Å². The van der Waals surface area contributed by atoms with Crippen LogP contribution in [-0.2, 0) is 6.54 Å². The average molecular weight is 324 g/mol. The average Bonchev–Trinajstić information content (AvgIpc) is 2.87. The number of aliphatic hydroxyl groups is 1. The molecule has 0 saturated carbocycles. The van der Waals surface area contributed by atoms with Crippen LogP contribution in [0.15, 0.2) is 36.0 Å². The summed E-state index contributed by atoms with van der Waals surface area (Å²) >= 11 is 0. The number of nitrogens with one attached hydrogen (secondary N) is 1. The number of allylic oxidation sites excluding steroid dienone is 3. The molecule has 0 atom stereocenters. The van der Waals surface area contributed by atoms with Gasteiger partial charge in [-0.05, 0) is 38.8 Å². The minimum Gasteiger partial charge on any atom is -0.382 e. The molecule has 2 rings (SSSR count). The Labute approximate surface area is 142 Å². The van der Waals surface area contributed by atoms with E-state index in [1.807, 2.05) is 48.0 Å². The first-order valence-electron chi connectivity index (χ1n) is 7.92. The summed E-state index contributed by atoms with van der Waals surface area (Å²) in [5.74, 6) is 6.25. The number of aromatic nitrogens is 2. The highest BCUT2D eigenvalue weighted by molar-refractivity contribution is 5.94. The number of hydrogen-bond acceptors (Lipinski definition) is 4. The molecule has 2 aromatic rings. The Kier molecular flexibility index (Phi) is 5.32. The molecule has 0 unspecified atom stereocenters. The van der Waals surface area contributed by atoms with Crippen molar-refractivity contribution in [2.24, 2.45) is 0 Å². The summed E-state index contributed by atoms with van der Waals surface area (Å²) in [6, 6.07) is 5.98. The molecule has 126 valence electrons. The van der Waals surface area contributed by atoms with Crippen molar-refractivity contribution in [2.75, 3.05) is 12.8 Å². The summed E-state index contributed by atoms with van der Waals surface area (Å²) in [5, 5.41) is 18.0. The summed E-state index contributed by atoms with van der Waals surface area (Å²) in [6.07, 6.45) is 5.79. The second kappa shape index (κ2) is 7.24. The van der Waals surface area contributed by atoms with Crippen molar-refractivity contribution in [3.8, 4) is 11.8 Å². The number of anilines is 1. The molecular formula is C19H24N4O. The van der Waals surface area contributed by atoms with Gasteiger partial charge in [-0.15, -0.1) is 0 Å². The molecule has 0 spiro atoms. The van der Waals surface area contributed by atoms with Crippen LogP contribution in [0.25, 0.3) is 17.0 Å². The third-order valence-corrected chi connectivity index (χ3v) is 3.44. The van der Waals surface area contributed by atoms with Crippen molar-refractivity contribution in [1.29, 1.82) is 0 Å². The predicted molar refractivity (Wildman–Crippen MR) is 100 cm³/mol. The molecule has 5 heteroatoms. The number of benzene rings is 1. The molecule has 0 aliphatic rings. The standard InChI is InChI=1S/C19H24N4O/c1-5-23-17-14(9-7-11-16(17)18(20)22-23)8-6-10-15(21-4)12-13-19(2,3)24/h6-11,21,24H,5H2,1-4H3,(H2,20,22)/b8-6+,15-10-. The van der Waals surface area contributed by atoms with Crippen molar-refractivity contribution in [3.63, 3.8) is 0 Å². The summed E-state index contributed by atoms with van der Waals surface area (Å²) in [4.78, 5) is 0. The fraction of sp³-hybridized carbons (Fsp3) is 0.316. The predicted octanol–water partition coefficient (Wildman–Crippen LogP) is 2.53. The van der Waals surface area contributed by atoms with Crippen molar-refractivity contribution in [3.05, 3.63) is 41.6 Å². The van der Waals surface area contributed by atoms with Gasteiger partial charge in [0.2, 0.25) is 0 Å². The van der Waals surface area contributed by atoms with Crippen LogP contribution in [0.5, 0.6) is 0 Å². The molecule has 24 heavy (non-hydrogen) atoms. The molecule has 0 fully saturated rings. The highest BCUT2D eigenvalue weighted by atomic mass is 16.3. The SMILES string of the molecule is CCn1nc(N)c2cccc(/C=C/C=C(/C#CC(C)(C)O)NC)c21. The number of aryl methyl sites for hydroxylation is 1. The van der Waals surface area contributed by atoms with Gasteiger partial charge >= 0.3 is 0 Å². The Morgan fingerprint density at radius 2 is 2.21 bits per heavy atom. The number of hydrogen-bond donors (Lipinski definition) is 3. The zero-order valence-electron chi connectivity index (χ0n) is 14.6. The maximum absolute atomic E-state index is 9.68. The Bertz CT molecular complexity index is 842. The third-order valence-electron chi connectivity index (χ3n) is 3.44. The molecule has 4 N–H and O–H groups in total. The van der Waals surface area contributed by atoms with Gasteiger partial charge in [-0.25, -0.2) is 0 Å². The lowest BCUT2D eigenvalue weighted by atomic mass is 10.1. The molecule has 0 amide bonds. The Balaban J connectivity index is 2.36. The van der Waals surface area contributed by atoms with E-state index in [-0.39, 0.29) is 0 Å². The van der Waals surface area contributed by atoms with Gasteiger partial charge in [-0.1, -0.05) is 30.2 Å². The van der Waals surface area contributed by atoms with E-state index in [9.17, 15) is 5.11 Å². The lowest BCUT2D eigenvalue weighted by Gasteiger charge is -2.06. The topological polar surface area (TPSA) is 76.1 Å². The van der Waals surface area contributed by atoms with Gasteiger partial charge in [-0.2, -0.15) is 5.10 Å². The van der Waals surface area contributed by atoms with E-state index in [1.165, 1.54) is 0 Å². The van der Waals surface area contributed by atoms with Crippen molar-refractivity contribution < 1.29 is 5.11 Å². The van der Waals surface area contributed by atoms with Gasteiger partial charge in [0.1, 0.15) is 5.60 Å². The van der Waals surface area contributed by atoms with Gasteiger partial charge in [0.25, 0.3) is 0 Å². The van der Waals surface area contributed by atoms with Crippen LogP contribution in [-0.4, -0.2) is 27.5 Å². The quantitative estimate of drug-likeness (QED) is 0.597. The lowest BCUT2D eigenvalue weighted by molar-refractivity contribution is 0.143. The molecule has 0 radical (unpaired) electrons. The van der Waals surface area contributed by atoms with Crippen LogP contribution >= 0.6 is 0 Å². The molecule has 5 nitrogen and oxygen atoms in total.